The Kier molecular flexibility index (Phi) is 3.46. The average Bonchev–Trinajstić information content (AvgIpc) is 3.07. The quantitative estimate of drug-likeness (QED) is 0.872. The molecule has 2 amide bonds. The fraction of sp³-hybridized carbons (Fsp3) is 0.429. The fourth-order valence-electron chi connectivity index (χ4n) is 1.76. The molecule has 1 aliphatic carbocycles. The fourth-order valence-corrected chi connectivity index (χ4v) is 1.76. The molecule has 5 heteroatoms. The Morgan fingerprint density at radius 3 is 2.37 bits per heavy atom. The van der Waals surface area contributed by atoms with Crippen LogP contribution in [0.5, 0.6) is 0 Å². The number of rotatable bonds is 4. The molecule has 0 aromatic heterocycles. The van der Waals surface area contributed by atoms with E-state index < -0.39 is 5.97 Å². The van der Waals surface area contributed by atoms with Crippen molar-refractivity contribution in [2.45, 2.75) is 31.8 Å². The predicted molar refractivity (Wildman–Crippen MR) is 71.0 cm³/mol. The highest BCUT2D eigenvalue weighted by Crippen LogP contribution is 2.34. The van der Waals surface area contributed by atoms with Crippen molar-refractivity contribution < 1.29 is 14.7 Å². The van der Waals surface area contributed by atoms with Gasteiger partial charge in [0.15, 0.2) is 0 Å². The Bertz CT molecular complexity index is 492. The molecule has 1 fully saturated rings. The Labute approximate surface area is 112 Å². The van der Waals surface area contributed by atoms with Gasteiger partial charge in [-0.1, -0.05) is 12.1 Å². The summed E-state index contributed by atoms with van der Waals surface area (Å²) in [4.78, 5) is 24.2. The number of urea groups is 1. The molecule has 1 saturated carbocycles. The van der Waals surface area contributed by atoms with Gasteiger partial charge in [0.2, 0.25) is 0 Å². The van der Waals surface area contributed by atoms with E-state index in [2.05, 4.69) is 5.32 Å². The van der Waals surface area contributed by atoms with Crippen LogP contribution in [-0.2, 0) is 6.54 Å². The number of carboxylic acids is 1. The molecule has 19 heavy (non-hydrogen) atoms. The lowest BCUT2D eigenvalue weighted by Crippen LogP contribution is -2.42. The Morgan fingerprint density at radius 2 is 1.89 bits per heavy atom. The number of amides is 2. The second-order valence-corrected chi connectivity index (χ2v) is 5.35. The largest absolute Gasteiger partial charge is 0.478 e. The number of benzene rings is 1. The molecule has 0 heterocycles. The molecule has 0 saturated heterocycles. The van der Waals surface area contributed by atoms with Crippen molar-refractivity contribution in [3.8, 4) is 0 Å². The number of hydrogen-bond acceptors (Lipinski definition) is 2. The lowest BCUT2D eigenvalue weighted by Gasteiger charge is -2.21. The SMILES string of the molecule is CN(Cc1ccc(C(=O)O)cc1)C(=O)NC1(C)CC1. The van der Waals surface area contributed by atoms with Gasteiger partial charge in [0, 0.05) is 19.1 Å². The molecule has 0 atom stereocenters. The standard InChI is InChI=1S/C14H18N2O3/c1-14(7-8-14)15-13(19)16(2)9-10-3-5-11(6-4-10)12(17)18/h3-6H,7-9H2,1-2H3,(H,15,19)(H,17,18). The zero-order valence-corrected chi connectivity index (χ0v) is 11.1. The van der Waals surface area contributed by atoms with Crippen molar-refractivity contribution >= 4 is 12.0 Å². The third-order valence-corrected chi connectivity index (χ3v) is 3.38. The summed E-state index contributed by atoms with van der Waals surface area (Å²) in [7, 11) is 1.73. The highest BCUT2D eigenvalue weighted by molar-refractivity contribution is 5.87. The van der Waals surface area contributed by atoms with Crippen LogP contribution in [-0.4, -0.2) is 34.6 Å². The molecule has 1 aromatic carbocycles. The molecule has 2 N–H and O–H groups in total. The number of carbonyl (C=O) groups is 2. The molecule has 0 aliphatic heterocycles. The molecular weight excluding hydrogens is 244 g/mol. The van der Waals surface area contributed by atoms with Gasteiger partial charge in [0.1, 0.15) is 0 Å². The van der Waals surface area contributed by atoms with E-state index in [9.17, 15) is 9.59 Å². The van der Waals surface area contributed by atoms with E-state index in [0.29, 0.717) is 6.54 Å². The van der Waals surface area contributed by atoms with Gasteiger partial charge in [0.05, 0.1) is 5.56 Å². The summed E-state index contributed by atoms with van der Waals surface area (Å²) in [6.45, 7) is 2.49. The Balaban J connectivity index is 1.92. The maximum Gasteiger partial charge on any atom is 0.335 e. The first-order valence-corrected chi connectivity index (χ1v) is 6.25. The monoisotopic (exact) mass is 262 g/mol. The minimum Gasteiger partial charge on any atom is -0.478 e. The summed E-state index contributed by atoms with van der Waals surface area (Å²) in [5.74, 6) is -0.945. The highest BCUT2D eigenvalue weighted by atomic mass is 16.4. The van der Waals surface area contributed by atoms with Crippen molar-refractivity contribution in [3.63, 3.8) is 0 Å². The van der Waals surface area contributed by atoms with Gasteiger partial charge in [-0.2, -0.15) is 0 Å². The van der Waals surface area contributed by atoms with E-state index >= 15 is 0 Å². The van der Waals surface area contributed by atoms with Crippen LogP contribution in [0.3, 0.4) is 0 Å². The van der Waals surface area contributed by atoms with E-state index in [1.165, 1.54) is 0 Å². The van der Waals surface area contributed by atoms with E-state index in [-0.39, 0.29) is 17.1 Å². The third-order valence-electron chi connectivity index (χ3n) is 3.38. The van der Waals surface area contributed by atoms with Crippen molar-refractivity contribution in [3.05, 3.63) is 35.4 Å². The zero-order valence-electron chi connectivity index (χ0n) is 11.1. The van der Waals surface area contributed by atoms with E-state index in [0.717, 1.165) is 18.4 Å². The second-order valence-electron chi connectivity index (χ2n) is 5.35. The molecular formula is C14H18N2O3. The van der Waals surface area contributed by atoms with Crippen molar-refractivity contribution in [1.82, 2.24) is 10.2 Å². The molecule has 5 nitrogen and oxygen atoms in total. The number of aromatic carboxylic acids is 1. The summed E-state index contributed by atoms with van der Waals surface area (Å²) in [5, 5.41) is 11.8. The maximum absolute atomic E-state index is 11.9. The number of nitrogens with zero attached hydrogens (tertiary/aromatic N) is 1. The van der Waals surface area contributed by atoms with Crippen LogP contribution in [0.4, 0.5) is 4.79 Å². The number of nitrogens with one attached hydrogen (secondary N) is 1. The van der Waals surface area contributed by atoms with Gasteiger partial charge in [0.25, 0.3) is 0 Å². The van der Waals surface area contributed by atoms with Gasteiger partial charge in [-0.05, 0) is 37.5 Å². The average molecular weight is 262 g/mol. The van der Waals surface area contributed by atoms with Crippen molar-refractivity contribution in [2.75, 3.05) is 7.05 Å². The summed E-state index contributed by atoms with van der Waals surface area (Å²) >= 11 is 0. The lowest BCUT2D eigenvalue weighted by molar-refractivity contribution is 0.0697. The molecule has 102 valence electrons. The minimum absolute atomic E-state index is 0.0293. The molecule has 0 radical (unpaired) electrons. The van der Waals surface area contributed by atoms with E-state index in [1.54, 1.807) is 36.2 Å². The second kappa shape index (κ2) is 4.91. The normalized spacial score (nSPS) is 15.7. The zero-order chi connectivity index (χ0) is 14.0. The summed E-state index contributed by atoms with van der Waals surface area (Å²) < 4.78 is 0. The summed E-state index contributed by atoms with van der Waals surface area (Å²) in [6.07, 6.45) is 2.06. The highest BCUT2D eigenvalue weighted by Gasteiger charge is 2.39. The molecule has 1 aliphatic rings. The van der Waals surface area contributed by atoms with E-state index in [1.807, 2.05) is 6.92 Å². The Hall–Kier alpha value is -2.04. The van der Waals surface area contributed by atoms with Crippen LogP contribution >= 0.6 is 0 Å². The first-order chi connectivity index (χ1) is 8.89. The van der Waals surface area contributed by atoms with Crippen LogP contribution in [0.25, 0.3) is 0 Å². The van der Waals surface area contributed by atoms with Crippen LogP contribution < -0.4 is 5.32 Å². The molecule has 0 unspecified atom stereocenters. The van der Waals surface area contributed by atoms with Gasteiger partial charge in [-0.3, -0.25) is 0 Å². The van der Waals surface area contributed by atoms with Crippen LogP contribution in [0.1, 0.15) is 35.7 Å². The predicted octanol–water partition coefficient (Wildman–Crippen LogP) is 2.08. The van der Waals surface area contributed by atoms with Crippen molar-refractivity contribution in [2.24, 2.45) is 0 Å². The van der Waals surface area contributed by atoms with Crippen molar-refractivity contribution in [1.29, 1.82) is 0 Å². The molecule has 1 aromatic rings. The first-order valence-electron chi connectivity index (χ1n) is 6.25. The van der Waals surface area contributed by atoms with E-state index in [4.69, 9.17) is 5.11 Å². The molecule has 0 spiro atoms. The van der Waals surface area contributed by atoms with Crippen LogP contribution in [0, 0.1) is 0 Å². The van der Waals surface area contributed by atoms with Gasteiger partial charge < -0.3 is 15.3 Å². The lowest BCUT2D eigenvalue weighted by atomic mass is 10.1. The number of carboxylic acid groups (broad SMARTS) is 1. The summed E-state index contributed by atoms with van der Waals surface area (Å²) in [6, 6.07) is 6.46. The number of carbonyl (C=O) groups excluding carboxylic acids is 1. The number of hydrogen-bond donors (Lipinski definition) is 2. The van der Waals surface area contributed by atoms with Gasteiger partial charge in [-0.15, -0.1) is 0 Å². The molecule has 0 bridgehead atoms. The van der Waals surface area contributed by atoms with Gasteiger partial charge >= 0.3 is 12.0 Å². The molecule has 2 rings (SSSR count). The maximum atomic E-state index is 11.9. The minimum atomic E-state index is -0.945. The Morgan fingerprint density at radius 1 is 1.32 bits per heavy atom. The van der Waals surface area contributed by atoms with Gasteiger partial charge in [-0.25, -0.2) is 9.59 Å². The van der Waals surface area contributed by atoms with Crippen LogP contribution in [0.2, 0.25) is 0 Å². The first kappa shape index (κ1) is 13.4. The smallest absolute Gasteiger partial charge is 0.335 e. The topological polar surface area (TPSA) is 69.6 Å². The van der Waals surface area contributed by atoms with Crippen LogP contribution in [0.15, 0.2) is 24.3 Å². The summed E-state index contributed by atoms with van der Waals surface area (Å²) in [5.41, 5.74) is 1.13. The third kappa shape index (κ3) is 3.47.